The van der Waals surface area contributed by atoms with Gasteiger partial charge in [0, 0.05) is 15.2 Å². The maximum absolute atomic E-state index is 6.13. The Morgan fingerprint density at radius 3 is 2.45 bits per heavy atom. The molecule has 3 rings (SSSR count). The van der Waals surface area contributed by atoms with Crippen molar-refractivity contribution in [2.45, 2.75) is 0 Å². The number of aromatic nitrogens is 2. The average molecular weight is 370 g/mol. The molecule has 0 saturated carbocycles. The van der Waals surface area contributed by atoms with Crippen molar-refractivity contribution in [1.82, 2.24) is 10.2 Å². The van der Waals surface area contributed by atoms with Crippen molar-refractivity contribution < 1.29 is 4.74 Å². The van der Waals surface area contributed by atoms with Gasteiger partial charge >= 0.3 is 0 Å². The van der Waals surface area contributed by atoms with Crippen LogP contribution >= 0.6 is 39.1 Å². The quantitative estimate of drug-likeness (QED) is 0.598. The van der Waals surface area contributed by atoms with Gasteiger partial charge in [0.05, 0.1) is 5.02 Å². The summed E-state index contributed by atoms with van der Waals surface area (Å²) in [6.07, 6.45) is 0. The topological polar surface area (TPSA) is 35.0 Å². The van der Waals surface area contributed by atoms with E-state index in [4.69, 9.17) is 27.9 Å². The summed E-state index contributed by atoms with van der Waals surface area (Å²) in [5.74, 6) is 0.880. The van der Waals surface area contributed by atoms with Gasteiger partial charge in [-0.25, -0.2) is 0 Å². The van der Waals surface area contributed by atoms with Gasteiger partial charge in [0.25, 0.3) is 0 Å². The van der Waals surface area contributed by atoms with E-state index in [1.807, 2.05) is 30.3 Å². The molecule has 1 aromatic heterocycles. The zero-order chi connectivity index (χ0) is 14.1. The summed E-state index contributed by atoms with van der Waals surface area (Å²) in [7, 11) is 0. The van der Waals surface area contributed by atoms with Crippen molar-refractivity contribution in [2.24, 2.45) is 0 Å². The number of rotatable bonds is 2. The molecule has 20 heavy (non-hydrogen) atoms. The third-order valence-electron chi connectivity index (χ3n) is 2.71. The molecule has 0 aliphatic rings. The monoisotopic (exact) mass is 368 g/mol. The van der Waals surface area contributed by atoms with E-state index in [1.54, 1.807) is 12.1 Å². The predicted molar refractivity (Wildman–Crippen MR) is 83.8 cm³/mol. The number of fused-ring (bicyclic) bond motifs is 1. The molecule has 0 atom stereocenters. The number of nitrogens with zero attached hydrogens (tertiary/aromatic N) is 2. The fraction of sp³-hybridized carbons (Fsp3) is 0. The lowest BCUT2D eigenvalue weighted by atomic mass is 10.2. The normalized spacial score (nSPS) is 10.8. The minimum atomic E-state index is 0.342. The number of ether oxygens (including phenoxy) is 1. The molecular formula is C14H7BrCl2N2O. The zero-order valence-corrected chi connectivity index (χ0v) is 13.1. The summed E-state index contributed by atoms with van der Waals surface area (Å²) in [5.41, 5.74) is 0. The van der Waals surface area contributed by atoms with Crippen molar-refractivity contribution in [3.8, 4) is 11.6 Å². The highest BCUT2D eigenvalue weighted by atomic mass is 79.9. The van der Waals surface area contributed by atoms with Gasteiger partial charge in [-0.3, -0.25) is 0 Å². The molecule has 0 amide bonds. The Morgan fingerprint density at radius 1 is 0.950 bits per heavy atom. The maximum atomic E-state index is 6.13. The first-order valence-corrected chi connectivity index (χ1v) is 7.24. The third-order valence-corrected chi connectivity index (χ3v) is 3.78. The summed E-state index contributed by atoms with van der Waals surface area (Å²) in [6, 6.07) is 12.9. The van der Waals surface area contributed by atoms with Crippen LogP contribution in [0, 0.1) is 0 Å². The van der Waals surface area contributed by atoms with Crippen molar-refractivity contribution in [3.63, 3.8) is 0 Å². The lowest BCUT2D eigenvalue weighted by Crippen LogP contribution is -1.93. The van der Waals surface area contributed by atoms with Crippen LogP contribution in [0.2, 0.25) is 10.2 Å². The number of benzene rings is 2. The van der Waals surface area contributed by atoms with Crippen LogP contribution < -0.4 is 4.74 Å². The molecule has 3 aromatic rings. The van der Waals surface area contributed by atoms with Crippen LogP contribution in [0.4, 0.5) is 0 Å². The fourth-order valence-corrected chi connectivity index (χ4v) is 2.70. The highest BCUT2D eigenvalue weighted by molar-refractivity contribution is 9.10. The molecule has 6 heteroatoms. The molecule has 0 N–H and O–H groups in total. The molecule has 0 aliphatic heterocycles. The van der Waals surface area contributed by atoms with E-state index in [-0.39, 0.29) is 0 Å². The lowest BCUT2D eigenvalue weighted by Gasteiger charge is -2.09. The Hall–Kier alpha value is -1.36. The van der Waals surface area contributed by atoms with Crippen LogP contribution in [-0.4, -0.2) is 10.2 Å². The van der Waals surface area contributed by atoms with Gasteiger partial charge in [-0.2, -0.15) is 0 Å². The van der Waals surface area contributed by atoms with E-state index >= 15 is 0 Å². The lowest BCUT2D eigenvalue weighted by molar-refractivity contribution is 0.462. The maximum Gasteiger partial charge on any atom is 0.246 e. The molecule has 0 aliphatic carbocycles. The minimum Gasteiger partial charge on any atom is -0.435 e. The van der Waals surface area contributed by atoms with Gasteiger partial charge in [0.15, 0.2) is 5.15 Å². The van der Waals surface area contributed by atoms with Crippen LogP contribution in [-0.2, 0) is 0 Å². The van der Waals surface area contributed by atoms with Crippen LogP contribution in [0.1, 0.15) is 0 Å². The molecule has 2 aromatic carbocycles. The molecule has 0 saturated heterocycles. The first-order valence-electron chi connectivity index (χ1n) is 5.69. The smallest absolute Gasteiger partial charge is 0.246 e. The second kappa shape index (κ2) is 5.56. The number of hydrogen-bond donors (Lipinski definition) is 0. The summed E-state index contributed by atoms with van der Waals surface area (Å²) >= 11 is 15.5. The Bertz CT molecular complexity index is 795. The molecule has 0 bridgehead atoms. The Kier molecular flexibility index (Phi) is 3.78. The molecule has 3 nitrogen and oxygen atoms in total. The van der Waals surface area contributed by atoms with E-state index in [1.165, 1.54) is 0 Å². The van der Waals surface area contributed by atoms with Gasteiger partial charge < -0.3 is 4.74 Å². The standard InChI is InChI=1S/C14H7BrCl2N2O/c15-8-5-6-12(11(16)7-8)20-14-10-4-2-1-3-9(10)13(17)18-19-14/h1-7H. The van der Waals surface area contributed by atoms with Gasteiger partial charge in [-0.1, -0.05) is 57.3 Å². The molecular weight excluding hydrogens is 363 g/mol. The van der Waals surface area contributed by atoms with Crippen molar-refractivity contribution in [3.05, 3.63) is 57.1 Å². The second-order valence-electron chi connectivity index (χ2n) is 4.02. The number of halogens is 3. The highest BCUT2D eigenvalue weighted by Crippen LogP contribution is 2.34. The van der Waals surface area contributed by atoms with Gasteiger partial charge in [-0.05, 0) is 24.3 Å². The molecule has 1 heterocycles. The number of hydrogen-bond acceptors (Lipinski definition) is 3. The van der Waals surface area contributed by atoms with Crippen LogP contribution in [0.3, 0.4) is 0 Å². The summed E-state index contributed by atoms with van der Waals surface area (Å²) < 4.78 is 6.62. The Balaban J connectivity index is 2.09. The first-order chi connectivity index (χ1) is 9.65. The molecule has 0 radical (unpaired) electrons. The van der Waals surface area contributed by atoms with E-state index in [9.17, 15) is 0 Å². The van der Waals surface area contributed by atoms with Crippen LogP contribution in [0.5, 0.6) is 11.6 Å². The van der Waals surface area contributed by atoms with Crippen molar-refractivity contribution in [1.29, 1.82) is 0 Å². The van der Waals surface area contributed by atoms with E-state index < -0.39 is 0 Å². The molecule has 100 valence electrons. The Morgan fingerprint density at radius 2 is 1.70 bits per heavy atom. The summed E-state index contributed by atoms with van der Waals surface area (Å²) in [6.45, 7) is 0. The van der Waals surface area contributed by atoms with Gasteiger partial charge in [0.2, 0.25) is 5.88 Å². The molecule has 0 spiro atoms. The fourth-order valence-electron chi connectivity index (χ4n) is 1.78. The SMILES string of the molecule is Clc1cc(Br)ccc1Oc1nnc(Cl)c2ccccc12. The Labute approximate surface area is 133 Å². The molecule has 0 unspecified atom stereocenters. The van der Waals surface area contributed by atoms with Crippen LogP contribution in [0.15, 0.2) is 46.9 Å². The first kappa shape index (κ1) is 13.6. The van der Waals surface area contributed by atoms with Gasteiger partial charge in [-0.15, -0.1) is 10.2 Å². The largest absolute Gasteiger partial charge is 0.435 e. The van der Waals surface area contributed by atoms with Gasteiger partial charge in [0.1, 0.15) is 5.75 Å². The minimum absolute atomic E-state index is 0.342. The zero-order valence-electron chi connectivity index (χ0n) is 9.98. The summed E-state index contributed by atoms with van der Waals surface area (Å²) in [4.78, 5) is 0. The second-order valence-corrected chi connectivity index (χ2v) is 5.70. The predicted octanol–water partition coefficient (Wildman–Crippen LogP) is 5.49. The summed E-state index contributed by atoms with van der Waals surface area (Å²) in [5, 5.41) is 10.3. The van der Waals surface area contributed by atoms with Crippen molar-refractivity contribution >= 4 is 49.9 Å². The van der Waals surface area contributed by atoms with E-state index in [0.717, 1.165) is 15.2 Å². The average Bonchev–Trinajstić information content (AvgIpc) is 2.45. The third kappa shape index (κ3) is 2.59. The van der Waals surface area contributed by atoms with Crippen LogP contribution in [0.25, 0.3) is 10.8 Å². The molecule has 0 fully saturated rings. The van der Waals surface area contributed by atoms with E-state index in [0.29, 0.717) is 21.8 Å². The van der Waals surface area contributed by atoms with Crippen molar-refractivity contribution in [2.75, 3.05) is 0 Å². The van der Waals surface area contributed by atoms with E-state index in [2.05, 4.69) is 26.1 Å². The highest BCUT2D eigenvalue weighted by Gasteiger charge is 2.11.